The van der Waals surface area contributed by atoms with Crippen molar-refractivity contribution in [3.8, 4) is 11.5 Å². The van der Waals surface area contributed by atoms with Crippen LogP contribution in [0.15, 0.2) is 42.7 Å². The molecule has 0 saturated carbocycles. The number of carbonyl (C=O) groups excluding carboxylic acids is 1. The zero-order valence-corrected chi connectivity index (χ0v) is 12.1. The van der Waals surface area contributed by atoms with Gasteiger partial charge in [-0.15, -0.1) is 0 Å². The Morgan fingerprint density at radius 1 is 1.30 bits per heavy atom. The molecule has 0 fully saturated rings. The van der Waals surface area contributed by atoms with Crippen molar-refractivity contribution in [2.75, 3.05) is 19.0 Å². The van der Waals surface area contributed by atoms with E-state index in [1.165, 1.54) is 37.7 Å². The van der Waals surface area contributed by atoms with Crippen molar-refractivity contribution in [3.63, 3.8) is 0 Å². The highest BCUT2D eigenvalue weighted by atomic mass is 19.4. The van der Waals surface area contributed by atoms with Gasteiger partial charge in [-0.05, 0) is 30.3 Å². The number of nitrogens with one attached hydrogen (secondary N) is 1. The van der Waals surface area contributed by atoms with Gasteiger partial charge in [-0.2, -0.15) is 13.2 Å². The summed E-state index contributed by atoms with van der Waals surface area (Å²) in [5.41, 5.74) is 0.333. The first-order valence-electron chi connectivity index (χ1n) is 6.48. The first-order chi connectivity index (χ1) is 10.9. The molecule has 0 saturated heterocycles. The lowest BCUT2D eigenvalue weighted by atomic mass is 10.1. The second-order valence-electron chi connectivity index (χ2n) is 4.46. The third-order valence-corrected chi connectivity index (χ3v) is 2.74. The van der Waals surface area contributed by atoms with Gasteiger partial charge in [-0.3, -0.25) is 9.78 Å². The molecule has 1 amide bonds. The van der Waals surface area contributed by atoms with Crippen molar-refractivity contribution in [2.45, 2.75) is 6.18 Å². The number of carbonyl (C=O) groups is 1. The molecule has 122 valence electrons. The van der Waals surface area contributed by atoms with Crippen LogP contribution in [0.1, 0.15) is 10.4 Å². The largest absolute Gasteiger partial charge is 0.497 e. The quantitative estimate of drug-likeness (QED) is 0.916. The molecule has 1 heterocycles. The van der Waals surface area contributed by atoms with Crippen LogP contribution in [0.3, 0.4) is 0 Å². The van der Waals surface area contributed by atoms with Crippen LogP contribution < -0.4 is 14.8 Å². The Balaban J connectivity index is 2.24. The van der Waals surface area contributed by atoms with Crippen molar-refractivity contribution >= 4 is 11.6 Å². The maximum absolute atomic E-state index is 12.3. The number of hydrogen-bond acceptors (Lipinski definition) is 4. The number of anilines is 1. The number of benzene rings is 1. The van der Waals surface area contributed by atoms with E-state index in [1.807, 2.05) is 0 Å². The Morgan fingerprint density at radius 2 is 2.09 bits per heavy atom. The van der Waals surface area contributed by atoms with Crippen LogP contribution in [0.2, 0.25) is 0 Å². The number of ether oxygens (including phenoxy) is 2. The summed E-state index contributed by atoms with van der Waals surface area (Å²) in [7, 11) is 1.38. The summed E-state index contributed by atoms with van der Waals surface area (Å²) >= 11 is 0. The molecule has 1 N–H and O–H groups in total. The smallest absolute Gasteiger partial charge is 0.422 e. The van der Waals surface area contributed by atoms with Crippen molar-refractivity contribution in [3.05, 3.63) is 48.3 Å². The van der Waals surface area contributed by atoms with E-state index in [2.05, 4.69) is 10.3 Å². The van der Waals surface area contributed by atoms with Gasteiger partial charge < -0.3 is 14.8 Å². The SMILES string of the molecule is COc1ccc(OCC(F)(F)F)c(C(=O)Nc2cccnc2)c1. The predicted octanol–water partition coefficient (Wildman–Crippen LogP) is 3.28. The standard InChI is InChI=1S/C15H13F3N2O3/c1-22-11-4-5-13(23-9-15(16,17)18)12(7-11)14(21)20-10-3-2-6-19-8-10/h2-8H,9H2,1H3,(H,20,21). The normalized spacial score (nSPS) is 11.0. The van der Waals surface area contributed by atoms with E-state index in [9.17, 15) is 18.0 Å². The van der Waals surface area contributed by atoms with Crippen LogP contribution in [-0.4, -0.2) is 30.8 Å². The van der Waals surface area contributed by atoms with Gasteiger partial charge in [0.15, 0.2) is 6.61 Å². The van der Waals surface area contributed by atoms with Crippen molar-refractivity contribution in [1.82, 2.24) is 4.98 Å². The predicted molar refractivity (Wildman–Crippen MR) is 76.7 cm³/mol. The van der Waals surface area contributed by atoms with E-state index >= 15 is 0 Å². The molecule has 0 aliphatic heterocycles. The Bertz CT molecular complexity index is 675. The molecule has 0 aliphatic carbocycles. The Morgan fingerprint density at radius 3 is 2.70 bits per heavy atom. The average molecular weight is 326 g/mol. The molecular formula is C15H13F3N2O3. The van der Waals surface area contributed by atoms with Crippen LogP contribution in [0.5, 0.6) is 11.5 Å². The summed E-state index contributed by atoms with van der Waals surface area (Å²) in [6.07, 6.45) is -1.57. The number of pyridine rings is 1. The molecule has 0 atom stereocenters. The van der Waals surface area contributed by atoms with E-state index < -0.39 is 18.7 Å². The van der Waals surface area contributed by atoms with Crippen LogP contribution in [0, 0.1) is 0 Å². The summed E-state index contributed by atoms with van der Waals surface area (Å²) in [4.78, 5) is 16.1. The summed E-state index contributed by atoms with van der Waals surface area (Å²) in [5, 5.41) is 2.53. The molecule has 0 radical (unpaired) electrons. The van der Waals surface area contributed by atoms with E-state index in [4.69, 9.17) is 9.47 Å². The van der Waals surface area contributed by atoms with Crippen molar-refractivity contribution in [1.29, 1.82) is 0 Å². The molecule has 8 heteroatoms. The molecule has 0 spiro atoms. The zero-order chi connectivity index (χ0) is 16.9. The maximum atomic E-state index is 12.3. The number of alkyl halides is 3. The maximum Gasteiger partial charge on any atom is 0.422 e. The van der Waals surface area contributed by atoms with Crippen LogP contribution in [0.25, 0.3) is 0 Å². The second kappa shape index (κ2) is 6.99. The summed E-state index contributed by atoms with van der Waals surface area (Å²) in [6.45, 7) is -1.49. The number of halogens is 3. The molecule has 2 aromatic rings. The van der Waals surface area contributed by atoms with Gasteiger partial charge in [0, 0.05) is 6.20 Å². The Kier molecular flexibility index (Phi) is 5.05. The molecule has 1 aromatic carbocycles. The number of methoxy groups -OCH3 is 1. The minimum Gasteiger partial charge on any atom is -0.497 e. The minimum absolute atomic E-state index is 0.0718. The third kappa shape index (κ3) is 4.87. The van der Waals surface area contributed by atoms with Crippen LogP contribution in [-0.2, 0) is 0 Å². The molecule has 0 bridgehead atoms. The zero-order valence-electron chi connectivity index (χ0n) is 12.1. The van der Waals surface area contributed by atoms with Gasteiger partial charge in [0.1, 0.15) is 11.5 Å². The van der Waals surface area contributed by atoms with Crippen LogP contribution >= 0.6 is 0 Å². The van der Waals surface area contributed by atoms with Gasteiger partial charge >= 0.3 is 6.18 Å². The first kappa shape index (κ1) is 16.6. The summed E-state index contributed by atoms with van der Waals surface area (Å²) < 4.78 is 46.6. The third-order valence-electron chi connectivity index (χ3n) is 2.74. The number of rotatable bonds is 5. The monoisotopic (exact) mass is 326 g/mol. The topological polar surface area (TPSA) is 60.5 Å². The summed E-state index contributed by atoms with van der Waals surface area (Å²) in [5.74, 6) is -0.501. The summed E-state index contributed by atoms with van der Waals surface area (Å²) in [6, 6.07) is 7.18. The van der Waals surface area contributed by atoms with Gasteiger partial charge in [-0.1, -0.05) is 0 Å². The average Bonchev–Trinajstić information content (AvgIpc) is 2.53. The molecule has 0 unspecified atom stereocenters. The number of hydrogen-bond donors (Lipinski definition) is 1. The highest BCUT2D eigenvalue weighted by Gasteiger charge is 2.29. The van der Waals surface area contributed by atoms with E-state index in [1.54, 1.807) is 12.1 Å². The van der Waals surface area contributed by atoms with E-state index in [-0.39, 0.29) is 11.3 Å². The van der Waals surface area contributed by atoms with Gasteiger partial charge in [0.05, 0.1) is 24.6 Å². The fourth-order valence-corrected chi connectivity index (χ4v) is 1.73. The number of nitrogens with zero attached hydrogens (tertiary/aromatic N) is 1. The molecule has 1 aromatic heterocycles. The molecule has 5 nitrogen and oxygen atoms in total. The minimum atomic E-state index is -4.50. The van der Waals surface area contributed by atoms with Gasteiger partial charge in [-0.25, -0.2) is 0 Å². The fourth-order valence-electron chi connectivity index (χ4n) is 1.73. The van der Waals surface area contributed by atoms with E-state index in [0.717, 1.165) is 0 Å². The van der Waals surface area contributed by atoms with Crippen LogP contribution in [0.4, 0.5) is 18.9 Å². The lowest BCUT2D eigenvalue weighted by molar-refractivity contribution is -0.153. The second-order valence-corrected chi connectivity index (χ2v) is 4.46. The highest BCUT2D eigenvalue weighted by molar-refractivity contribution is 6.06. The number of aromatic nitrogens is 1. The van der Waals surface area contributed by atoms with Gasteiger partial charge in [0.2, 0.25) is 0 Å². The first-order valence-corrected chi connectivity index (χ1v) is 6.48. The Hall–Kier alpha value is -2.77. The number of amides is 1. The lowest BCUT2D eigenvalue weighted by Gasteiger charge is -2.14. The van der Waals surface area contributed by atoms with Crippen molar-refractivity contribution in [2.24, 2.45) is 0 Å². The fraction of sp³-hybridized carbons (Fsp3) is 0.200. The molecule has 0 aliphatic rings. The molecule has 23 heavy (non-hydrogen) atoms. The van der Waals surface area contributed by atoms with E-state index in [0.29, 0.717) is 11.4 Å². The van der Waals surface area contributed by atoms with Gasteiger partial charge in [0.25, 0.3) is 5.91 Å². The molecule has 2 rings (SSSR count). The Labute approximate surface area is 130 Å². The molecular weight excluding hydrogens is 313 g/mol. The lowest BCUT2D eigenvalue weighted by Crippen LogP contribution is -2.21. The van der Waals surface area contributed by atoms with Crippen molar-refractivity contribution < 1.29 is 27.4 Å². The highest BCUT2D eigenvalue weighted by Crippen LogP contribution is 2.27.